The minimum atomic E-state index is -4.38. The number of halogens is 3. The number of hydrogen-bond acceptors (Lipinski definition) is 5. The van der Waals surface area contributed by atoms with Gasteiger partial charge in [0.2, 0.25) is 0 Å². The number of aliphatic hydroxyl groups is 1. The van der Waals surface area contributed by atoms with E-state index in [1.165, 1.54) is 17.2 Å². The number of thioether (sulfide) groups is 1. The third kappa shape index (κ3) is 4.19. The smallest absolute Gasteiger partial charge is 0.393 e. The zero-order valence-electron chi connectivity index (χ0n) is 28.0. The van der Waals surface area contributed by atoms with Crippen molar-refractivity contribution in [2.75, 3.05) is 12.8 Å². The molecule has 1 N–H and O–H groups in total. The Morgan fingerprint density at radius 1 is 1.09 bits per heavy atom. The van der Waals surface area contributed by atoms with E-state index in [1.807, 2.05) is 18.8 Å². The van der Waals surface area contributed by atoms with Crippen molar-refractivity contribution >= 4 is 22.6 Å². The maximum absolute atomic E-state index is 14.8. The van der Waals surface area contributed by atoms with Crippen LogP contribution in [-0.2, 0) is 17.5 Å². The lowest BCUT2D eigenvalue weighted by atomic mass is 9.41. The Morgan fingerprint density at radius 3 is 2.49 bits per heavy atom. The second-order valence-electron chi connectivity index (χ2n) is 17.0. The van der Waals surface area contributed by atoms with Crippen molar-refractivity contribution in [2.24, 2.45) is 55.7 Å². The fourth-order valence-corrected chi connectivity index (χ4v) is 13.9. The molecule has 11 atom stereocenters. The van der Waals surface area contributed by atoms with Crippen LogP contribution in [0, 0.1) is 50.7 Å². The first-order chi connectivity index (χ1) is 20.9. The van der Waals surface area contributed by atoms with Gasteiger partial charge in [0, 0.05) is 47.4 Å². The van der Waals surface area contributed by atoms with Gasteiger partial charge in [0.25, 0.3) is 0 Å². The Morgan fingerprint density at radius 2 is 1.80 bits per heavy atom. The van der Waals surface area contributed by atoms with E-state index < -0.39 is 17.8 Å². The topological polar surface area (TPSA) is 52.9 Å². The number of benzene rings is 1. The molecule has 0 saturated heterocycles. The van der Waals surface area contributed by atoms with E-state index in [0.29, 0.717) is 48.6 Å². The normalized spacial score (nSPS) is 46.1. The van der Waals surface area contributed by atoms with Crippen LogP contribution in [0.2, 0.25) is 0 Å². The summed E-state index contributed by atoms with van der Waals surface area (Å²) in [6.07, 6.45) is 1.59. The first kappa shape index (κ1) is 32.2. The minimum Gasteiger partial charge on any atom is -0.393 e. The predicted octanol–water partition coefficient (Wildman–Crippen LogP) is 8.26. The zero-order chi connectivity index (χ0) is 32.5. The van der Waals surface area contributed by atoms with Gasteiger partial charge in [0.15, 0.2) is 0 Å². The molecule has 248 valence electrons. The molecule has 1 aromatic rings. The summed E-state index contributed by atoms with van der Waals surface area (Å²) in [5, 5.41) is 13.1. The Bertz CT molecular complexity index is 1430. The number of alkyl halides is 3. The SMILES string of the molecule is CC(C)C1=N[C@H]2CC[C@]34C[C@@]35C(=O)C[C@]3(C)[C@@H]([C@H](C)N(C)Cc6cccc(C(F)(F)F)c6)[C@H](O)C[C@@]3(C)[C@@H]5CC[C@H]4[C@]2(C)CS1. The molecule has 0 radical (unpaired) electrons. The van der Waals surface area contributed by atoms with E-state index in [4.69, 9.17) is 4.99 Å². The van der Waals surface area contributed by atoms with Crippen LogP contribution in [0.4, 0.5) is 13.2 Å². The standard InChI is InChI=1S/C37H51F3N2O2S/c1-21(2)31-41-28-13-14-35-19-36(35)27(12-11-26(35)32(28,4)20-45-31)33(5)16-25(43)30(34(33,6)17-29(36)44)22(3)42(7)18-23-9-8-10-24(15-23)37(38,39)40/h8-10,15,21-22,25-28,30,43H,11-14,16-20H2,1-7H3/t22-,25+,26-,27-,28-,30-,32-,33-,34+,35+,36+/m0/s1. The molecule has 0 bridgehead atoms. The highest BCUT2D eigenvalue weighted by molar-refractivity contribution is 8.14. The van der Waals surface area contributed by atoms with Gasteiger partial charge in [-0.1, -0.05) is 52.8 Å². The van der Waals surface area contributed by atoms with E-state index in [-0.39, 0.29) is 45.0 Å². The zero-order valence-corrected chi connectivity index (χ0v) is 28.8. The molecule has 0 amide bonds. The second kappa shape index (κ2) is 10.1. The van der Waals surface area contributed by atoms with E-state index in [1.54, 1.807) is 6.07 Å². The highest BCUT2D eigenvalue weighted by Crippen LogP contribution is 2.88. The van der Waals surface area contributed by atoms with Gasteiger partial charge in [-0.05, 0) is 92.2 Å². The number of carbonyl (C=O) groups is 1. The van der Waals surface area contributed by atoms with Crippen molar-refractivity contribution in [3.63, 3.8) is 0 Å². The van der Waals surface area contributed by atoms with Crippen molar-refractivity contribution in [1.29, 1.82) is 0 Å². The molecule has 1 aliphatic heterocycles. The molecule has 45 heavy (non-hydrogen) atoms. The molecule has 4 nitrogen and oxygen atoms in total. The van der Waals surface area contributed by atoms with Crippen LogP contribution in [0.25, 0.3) is 0 Å². The average Bonchev–Trinajstić information content (AvgIpc) is 3.60. The molecule has 2 spiro atoms. The summed E-state index contributed by atoms with van der Waals surface area (Å²) in [4.78, 5) is 22.2. The summed E-state index contributed by atoms with van der Waals surface area (Å²) in [5.41, 5.74) is -0.666. The molecule has 1 aromatic carbocycles. The lowest BCUT2D eigenvalue weighted by Crippen LogP contribution is -2.62. The highest BCUT2D eigenvalue weighted by atomic mass is 32.2. The van der Waals surface area contributed by atoms with Gasteiger partial charge < -0.3 is 5.11 Å². The maximum atomic E-state index is 14.8. The molecule has 0 aromatic heterocycles. The maximum Gasteiger partial charge on any atom is 0.416 e. The molecule has 5 aliphatic carbocycles. The fourth-order valence-electron chi connectivity index (χ4n) is 12.6. The Balaban J connectivity index is 1.16. The second-order valence-corrected chi connectivity index (χ2v) is 18.0. The number of aliphatic hydroxyl groups excluding tert-OH is 1. The summed E-state index contributed by atoms with van der Waals surface area (Å²) >= 11 is 1.95. The monoisotopic (exact) mass is 644 g/mol. The van der Waals surface area contributed by atoms with E-state index in [2.05, 4.69) is 46.4 Å². The number of rotatable bonds is 5. The number of Topliss-reactive ketones (excluding diaryl/α,β-unsaturated/α-hetero) is 1. The summed E-state index contributed by atoms with van der Waals surface area (Å²) in [6, 6.07) is 5.80. The fraction of sp³-hybridized carbons (Fsp3) is 0.784. The largest absolute Gasteiger partial charge is 0.416 e. The summed E-state index contributed by atoms with van der Waals surface area (Å²) in [5.74, 6) is 2.63. The Hall–Kier alpha value is -1.38. The van der Waals surface area contributed by atoms with E-state index >= 15 is 0 Å². The van der Waals surface area contributed by atoms with E-state index in [0.717, 1.165) is 43.9 Å². The van der Waals surface area contributed by atoms with Gasteiger partial charge in [-0.3, -0.25) is 14.7 Å². The third-order valence-electron chi connectivity index (χ3n) is 14.9. The molecule has 1 heterocycles. The molecular formula is C37H51F3N2O2S. The van der Waals surface area contributed by atoms with Crippen LogP contribution in [0.3, 0.4) is 0 Å². The van der Waals surface area contributed by atoms with Gasteiger partial charge in [0.05, 0.1) is 22.8 Å². The molecule has 6 aliphatic rings. The van der Waals surface area contributed by atoms with E-state index in [9.17, 15) is 23.1 Å². The van der Waals surface area contributed by atoms with Crippen LogP contribution in [0.15, 0.2) is 29.3 Å². The molecule has 5 fully saturated rings. The van der Waals surface area contributed by atoms with Crippen molar-refractivity contribution < 1.29 is 23.1 Å². The third-order valence-corrected chi connectivity index (χ3v) is 16.5. The lowest BCUT2D eigenvalue weighted by Gasteiger charge is -2.63. The highest BCUT2D eigenvalue weighted by Gasteiger charge is 2.86. The van der Waals surface area contributed by atoms with Crippen molar-refractivity contribution in [3.05, 3.63) is 35.4 Å². The Kier molecular flexibility index (Phi) is 7.20. The lowest BCUT2D eigenvalue weighted by molar-refractivity contribution is -0.169. The van der Waals surface area contributed by atoms with Crippen LogP contribution in [0.1, 0.15) is 97.6 Å². The number of ketones is 1. The van der Waals surface area contributed by atoms with Crippen molar-refractivity contribution in [1.82, 2.24) is 4.90 Å². The summed E-state index contributed by atoms with van der Waals surface area (Å²) in [7, 11) is 1.94. The minimum absolute atomic E-state index is 0.0724. The van der Waals surface area contributed by atoms with Gasteiger partial charge in [0.1, 0.15) is 5.78 Å². The van der Waals surface area contributed by atoms with Crippen LogP contribution >= 0.6 is 11.8 Å². The quantitative estimate of drug-likeness (QED) is 0.351. The number of carbonyl (C=O) groups excluding carboxylic acids is 1. The van der Waals surface area contributed by atoms with Crippen LogP contribution in [-0.4, -0.2) is 51.8 Å². The Labute approximate surface area is 271 Å². The number of hydrogen-bond donors (Lipinski definition) is 1. The van der Waals surface area contributed by atoms with Crippen LogP contribution < -0.4 is 0 Å². The van der Waals surface area contributed by atoms with Crippen molar-refractivity contribution in [3.8, 4) is 0 Å². The molecule has 0 unspecified atom stereocenters. The number of aliphatic imine (C=N–C) groups is 1. The van der Waals surface area contributed by atoms with Crippen molar-refractivity contribution in [2.45, 2.75) is 117 Å². The first-order valence-corrected chi connectivity index (χ1v) is 18.2. The summed E-state index contributed by atoms with van der Waals surface area (Å²) in [6.45, 7) is 14.0. The predicted molar refractivity (Wildman–Crippen MR) is 174 cm³/mol. The molecule has 7 rings (SSSR count). The number of fused-ring (bicyclic) bond motifs is 4. The van der Waals surface area contributed by atoms with Gasteiger partial charge in [-0.25, -0.2) is 0 Å². The van der Waals surface area contributed by atoms with Crippen LogP contribution in [0.5, 0.6) is 0 Å². The average molecular weight is 645 g/mol. The van der Waals surface area contributed by atoms with Gasteiger partial charge >= 0.3 is 6.18 Å². The summed E-state index contributed by atoms with van der Waals surface area (Å²) < 4.78 is 40.2. The molecule has 8 heteroatoms. The number of nitrogens with zero attached hydrogens (tertiary/aromatic N) is 2. The van der Waals surface area contributed by atoms with Gasteiger partial charge in [-0.15, -0.1) is 11.8 Å². The first-order valence-electron chi connectivity index (χ1n) is 17.2. The van der Waals surface area contributed by atoms with Gasteiger partial charge in [-0.2, -0.15) is 13.2 Å². The molecule has 5 saturated carbocycles. The molecular weight excluding hydrogens is 593 g/mol.